The van der Waals surface area contributed by atoms with Gasteiger partial charge in [0.05, 0.1) is 18.2 Å². The predicted molar refractivity (Wildman–Crippen MR) is 127 cm³/mol. The van der Waals surface area contributed by atoms with Crippen LogP contribution in [0, 0.1) is 6.92 Å². The fraction of sp³-hybridized carbons (Fsp3) is 0.269. The zero-order valence-electron chi connectivity index (χ0n) is 18.6. The van der Waals surface area contributed by atoms with Gasteiger partial charge < -0.3 is 15.3 Å². The number of hydrogen-bond acceptors (Lipinski definition) is 3. The molecule has 0 spiro atoms. The number of benzene rings is 2. The lowest BCUT2D eigenvalue weighted by atomic mass is 10.0. The third-order valence-electron chi connectivity index (χ3n) is 5.73. The first-order valence-electron chi connectivity index (χ1n) is 10.9. The summed E-state index contributed by atoms with van der Waals surface area (Å²) in [7, 11) is 0. The van der Waals surface area contributed by atoms with Crippen LogP contribution in [0.5, 0.6) is 0 Å². The zero-order valence-corrected chi connectivity index (χ0v) is 18.6. The monoisotopic (exact) mass is 428 g/mol. The molecular formula is C26H28N4O2. The van der Waals surface area contributed by atoms with Crippen LogP contribution < -0.4 is 10.9 Å². The molecular weight excluding hydrogens is 400 g/mol. The molecule has 0 aliphatic rings. The fourth-order valence-electron chi connectivity index (χ4n) is 3.92. The Morgan fingerprint density at radius 2 is 1.81 bits per heavy atom. The Morgan fingerprint density at radius 3 is 2.59 bits per heavy atom. The summed E-state index contributed by atoms with van der Waals surface area (Å²) in [5, 5.41) is 4.23. The summed E-state index contributed by atoms with van der Waals surface area (Å²) in [5.74, 6) is 0.584. The molecule has 2 heterocycles. The normalized spacial score (nSPS) is 12.2. The van der Waals surface area contributed by atoms with Crippen molar-refractivity contribution in [2.45, 2.75) is 45.6 Å². The van der Waals surface area contributed by atoms with Gasteiger partial charge in [-0.1, -0.05) is 56.3 Å². The van der Waals surface area contributed by atoms with Crippen LogP contribution in [0.25, 0.3) is 10.9 Å². The van der Waals surface area contributed by atoms with Gasteiger partial charge in [-0.2, -0.15) is 0 Å². The summed E-state index contributed by atoms with van der Waals surface area (Å²) in [6.07, 6.45) is 2.76. The number of aromatic amines is 2. The molecule has 0 radical (unpaired) electrons. The molecule has 0 aliphatic carbocycles. The molecule has 4 aromatic rings. The summed E-state index contributed by atoms with van der Waals surface area (Å²) >= 11 is 0. The topological polar surface area (TPSA) is 90.6 Å². The van der Waals surface area contributed by atoms with Crippen molar-refractivity contribution in [1.29, 1.82) is 0 Å². The van der Waals surface area contributed by atoms with Crippen molar-refractivity contribution in [2.75, 3.05) is 0 Å². The van der Waals surface area contributed by atoms with E-state index in [0.717, 1.165) is 27.6 Å². The molecule has 1 amide bonds. The maximum Gasteiger partial charge on any atom is 0.251 e. The molecule has 6 heteroatoms. The summed E-state index contributed by atoms with van der Waals surface area (Å²) in [4.78, 5) is 36.1. The molecule has 0 bridgehead atoms. The van der Waals surface area contributed by atoms with E-state index in [2.05, 4.69) is 21.4 Å². The van der Waals surface area contributed by atoms with E-state index in [1.54, 1.807) is 0 Å². The second kappa shape index (κ2) is 9.22. The number of aryl methyl sites for hydroxylation is 1. The van der Waals surface area contributed by atoms with Gasteiger partial charge in [-0.15, -0.1) is 0 Å². The minimum atomic E-state index is -0.425. The van der Waals surface area contributed by atoms with E-state index < -0.39 is 6.04 Å². The predicted octanol–water partition coefficient (Wildman–Crippen LogP) is 4.33. The number of nitrogens with zero attached hydrogens (tertiary/aromatic N) is 1. The van der Waals surface area contributed by atoms with Crippen molar-refractivity contribution in [2.24, 2.45) is 0 Å². The van der Waals surface area contributed by atoms with Crippen LogP contribution in [0.3, 0.4) is 0 Å². The highest BCUT2D eigenvalue weighted by atomic mass is 16.1. The van der Waals surface area contributed by atoms with E-state index in [-0.39, 0.29) is 23.8 Å². The van der Waals surface area contributed by atoms with Crippen LogP contribution in [-0.4, -0.2) is 20.9 Å². The maximum absolute atomic E-state index is 13.0. The highest BCUT2D eigenvalue weighted by molar-refractivity contribution is 5.83. The van der Waals surface area contributed by atoms with Gasteiger partial charge >= 0.3 is 0 Å². The van der Waals surface area contributed by atoms with Gasteiger partial charge in [0.15, 0.2) is 0 Å². The molecule has 2 aromatic carbocycles. The van der Waals surface area contributed by atoms with Crippen molar-refractivity contribution in [3.63, 3.8) is 0 Å². The number of amides is 1. The van der Waals surface area contributed by atoms with Crippen LogP contribution in [0.1, 0.15) is 54.0 Å². The van der Waals surface area contributed by atoms with Crippen molar-refractivity contribution in [3.8, 4) is 0 Å². The molecule has 2 aromatic heterocycles. The molecule has 0 saturated heterocycles. The number of fused-ring (bicyclic) bond motifs is 1. The first-order chi connectivity index (χ1) is 15.4. The van der Waals surface area contributed by atoms with Crippen LogP contribution in [0.15, 0.2) is 65.6 Å². The molecule has 0 unspecified atom stereocenters. The third kappa shape index (κ3) is 4.80. The van der Waals surface area contributed by atoms with Gasteiger partial charge in [-0.25, -0.2) is 4.98 Å². The molecule has 164 valence electrons. The Bertz CT molecular complexity index is 1300. The number of para-hydroxylation sites is 1. The number of aromatic nitrogens is 3. The van der Waals surface area contributed by atoms with Crippen molar-refractivity contribution in [3.05, 3.63) is 99.4 Å². The highest BCUT2D eigenvalue weighted by Crippen LogP contribution is 2.24. The van der Waals surface area contributed by atoms with Crippen LogP contribution in [0.2, 0.25) is 0 Å². The van der Waals surface area contributed by atoms with Crippen LogP contribution in [-0.2, 0) is 17.6 Å². The Kier molecular flexibility index (Phi) is 6.21. The van der Waals surface area contributed by atoms with E-state index in [4.69, 9.17) is 4.98 Å². The molecule has 1 atom stereocenters. The first kappa shape index (κ1) is 21.6. The van der Waals surface area contributed by atoms with E-state index in [1.807, 2.05) is 69.4 Å². The Morgan fingerprint density at radius 1 is 1.06 bits per heavy atom. The lowest BCUT2D eigenvalue weighted by Crippen LogP contribution is -2.33. The molecule has 0 aliphatic heterocycles. The van der Waals surface area contributed by atoms with Crippen molar-refractivity contribution < 1.29 is 4.79 Å². The Labute approximate surface area is 187 Å². The number of rotatable bonds is 7. The van der Waals surface area contributed by atoms with E-state index >= 15 is 0 Å². The van der Waals surface area contributed by atoms with E-state index in [1.165, 1.54) is 6.07 Å². The van der Waals surface area contributed by atoms with Crippen molar-refractivity contribution >= 4 is 16.8 Å². The SMILES string of the molecule is Cc1ccccc1CC(=O)N[C@@H](Cc1c[nH]c2ccccc12)c1cc(=O)[nH]c(C(C)C)n1. The number of nitrogens with one attached hydrogen (secondary N) is 3. The van der Waals surface area contributed by atoms with Crippen LogP contribution >= 0.6 is 0 Å². The molecule has 6 nitrogen and oxygen atoms in total. The second-order valence-electron chi connectivity index (χ2n) is 8.50. The van der Waals surface area contributed by atoms with Gasteiger partial charge in [0.25, 0.3) is 5.56 Å². The summed E-state index contributed by atoms with van der Waals surface area (Å²) in [6, 6.07) is 17.0. The third-order valence-corrected chi connectivity index (χ3v) is 5.73. The lowest BCUT2D eigenvalue weighted by molar-refractivity contribution is -0.121. The minimum absolute atomic E-state index is 0.0686. The minimum Gasteiger partial charge on any atom is -0.361 e. The fourth-order valence-corrected chi connectivity index (χ4v) is 3.92. The highest BCUT2D eigenvalue weighted by Gasteiger charge is 2.21. The molecule has 32 heavy (non-hydrogen) atoms. The van der Waals surface area contributed by atoms with Gasteiger partial charge in [0.2, 0.25) is 5.91 Å². The number of carbonyl (C=O) groups is 1. The number of H-pyrrole nitrogens is 2. The maximum atomic E-state index is 13.0. The van der Waals surface area contributed by atoms with Gasteiger partial charge in [-0.3, -0.25) is 9.59 Å². The molecule has 0 saturated carbocycles. The lowest BCUT2D eigenvalue weighted by Gasteiger charge is -2.20. The second-order valence-corrected chi connectivity index (χ2v) is 8.50. The summed E-state index contributed by atoms with van der Waals surface area (Å²) in [5.41, 5.74) is 4.52. The van der Waals surface area contributed by atoms with Gasteiger partial charge in [-0.05, 0) is 29.7 Å². The first-order valence-corrected chi connectivity index (χ1v) is 10.9. The zero-order chi connectivity index (χ0) is 22.7. The molecule has 3 N–H and O–H groups in total. The Hall–Kier alpha value is -3.67. The van der Waals surface area contributed by atoms with Crippen LogP contribution in [0.4, 0.5) is 0 Å². The largest absolute Gasteiger partial charge is 0.361 e. The number of hydrogen-bond donors (Lipinski definition) is 3. The summed E-state index contributed by atoms with van der Waals surface area (Å²) < 4.78 is 0. The average Bonchev–Trinajstić information content (AvgIpc) is 3.17. The smallest absolute Gasteiger partial charge is 0.251 e. The van der Waals surface area contributed by atoms with Crippen molar-refractivity contribution in [1.82, 2.24) is 20.3 Å². The number of carbonyl (C=O) groups excluding carboxylic acids is 1. The average molecular weight is 429 g/mol. The van der Waals surface area contributed by atoms with Gasteiger partial charge in [0, 0.05) is 35.5 Å². The quantitative estimate of drug-likeness (QED) is 0.409. The molecule has 0 fully saturated rings. The van der Waals surface area contributed by atoms with E-state index in [9.17, 15) is 9.59 Å². The standard InChI is InChI=1S/C26H28N4O2/c1-16(2)26-29-23(14-25(32)30-26)22(12-19-15-27-21-11-7-6-10-20(19)21)28-24(31)13-18-9-5-4-8-17(18)3/h4-11,14-16,22,27H,12-13H2,1-3H3,(H,28,31)(H,29,30,32)/t22-/m0/s1. The van der Waals surface area contributed by atoms with Gasteiger partial charge in [0.1, 0.15) is 5.82 Å². The molecule has 4 rings (SSSR count). The van der Waals surface area contributed by atoms with E-state index in [0.29, 0.717) is 17.9 Å². The Balaban J connectivity index is 1.67. The summed E-state index contributed by atoms with van der Waals surface area (Å²) in [6.45, 7) is 5.96.